The van der Waals surface area contributed by atoms with E-state index in [0.29, 0.717) is 11.4 Å². The summed E-state index contributed by atoms with van der Waals surface area (Å²) in [5.41, 5.74) is 6.12. The van der Waals surface area contributed by atoms with Crippen LogP contribution in [0.15, 0.2) is 24.3 Å². The molecular weight excluding hydrogens is 238 g/mol. The van der Waals surface area contributed by atoms with Gasteiger partial charge in [0.1, 0.15) is 5.75 Å². The van der Waals surface area contributed by atoms with Crippen molar-refractivity contribution in [2.45, 2.75) is 19.4 Å². The highest BCUT2D eigenvalue weighted by atomic mass is 16.6. The van der Waals surface area contributed by atoms with Crippen LogP contribution >= 0.6 is 0 Å². The highest BCUT2D eigenvalue weighted by molar-refractivity contribution is 5.77. The number of ether oxygens (including phenoxy) is 2. The standard InChI is InChI=1S/C12H15NO5/c1-8(12(15)16)18-11(14)6-7-17-10-4-2-9(13)3-5-10/h2-5,8H,6-7,13H2,1H3,(H,15,16). The minimum absolute atomic E-state index is 0.0119. The summed E-state index contributed by atoms with van der Waals surface area (Å²) < 4.78 is 9.90. The molecule has 1 rings (SSSR count). The van der Waals surface area contributed by atoms with E-state index in [1.807, 2.05) is 0 Å². The van der Waals surface area contributed by atoms with Crippen molar-refractivity contribution >= 4 is 17.6 Å². The van der Waals surface area contributed by atoms with Gasteiger partial charge in [0.15, 0.2) is 6.10 Å². The summed E-state index contributed by atoms with van der Waals surface area (Å²) in [5, 5.41) is 8.54. The van der Waals surface area contributed by atoms with E-state index in [4.69, 9.17) is 15.6 Å². The van der Waals surface area contributed by atoms with Gasteiger partial charge < -0.3 is 20.3 Å². The number of anilines is 1. The van der Waals surface area contributed by atoms with Crippen molar-refractivity contribution in [2.75, 3.05) is 12.3 Å². The second kappa shape index (κ2) is 6.48. The van der Waals surface area contributed by atoms with Crippen LogP contribution in [0.25, 0.3) is 0 Å². The van der Waals surface area contributed by atoms with Crippen molar-refractivity contribution in [3.8, 4) is 5.75 Å². The van der Waals surface area contributed by atoms with Crippen LogP contribution in [0, 0.1) is 0 Å². The van der Waals surface area contributed by atoms with E-state index in [0.717, 1.165) is 0 Å². The zero-order valence-electron chi connectivity index (χ0n) is 9.96. The fraction of sp³-hybridized carbons (Fsp3) is 0.333. The quantitative estimate of drug-likeness (QED) is 0.580. The predicted octanol–water partition coefficient (Wildman–Crippen LogP) is 1.05. The number of hydrogen-bond acceptors (Lipinski definition) is 5. The molecule has 0 fully saturated rings. The van der Waals surface area contributed by atoms with E-state index in [1.165, 1.54) is 6.92 Å². The third-order valence-electron chi connectivity index (χ3n) is 2.11. The first-order valence-electron chi connectivity index (χ1n) is 5.39. The van der Waals surface area contributed by atoms with Crippen LogP contribution in [-0.2, 0) is 14.3 Å². The number of aliphatic carboxylic acids is 1. The molecule has 6 heteroatoms. The molecular formula is C12H15NO5. The van der Waals surface area contributed by atoms with Gasteiger partial charge in [-0.15, -0.1) is 0 Å². The number of carboxylic acids is 1. The van der Waals surface area contributed by atoms with Gasteiger partial charge in [0.05, 0.1) is 13.0 Å². The van der Waals surface area contributed by atoms with Gasteiger partial charge in [-0.1, -0.05) is 0 Å². The van der Waals surface area contributed by atoms with Gasteiger partial charge in [-0.25, -0.2) is 4.79 Å². The van der Waals surface area contributed by atoms with Gasteiger partial charge in [0, 0.05) is 5.69 Å². The lowest BCUT2D eigenvalue weighted by molar-refractivity contribution is -0.162. The second-order valence-corrected chi connectivity index (χ2v) is 3.64. The Labute approximate surface area is 104 Å². The van der Waals surface area contributed by atoms with Gasteiger partial charge in [-0.2, -0.15) is 0 Å². The smallest absolute Gasteiger partial charge is 0.344 e. The molecule has 1 aromatic rings. The number of rotatable bonds is 6. The first-order valence-corrected chi connectivity index (χ1v) is 5.39. The maximum Gasteiger partial charge on any atom is 0.344 e. The number of nitrogen functional groups attached to an aromatic ring is 1. The van der Waals surface area contributed by atoms with Crippen molar-refractivity contribution in [2.24, 2.45) is 0 Å². The maximum absolute atomic E-state index is 11.2. The Bertz CT molecular complexity index is 415. The highest BCUT2D eigenvalue weighted by Crippen LogP contribution is 2.13. The molecule has 0 aliphatic heterocycles. The van der Waals surface area contributed by atoms with E-state index in [9.17, 15) is 9.59 Å². The molecule has 0 bridgehead atoms. The number of benzene rings is 1. The number of hydrogen-bond donors (Lipinski definition) is 2. The SMILES string of the molecule is CC(OC(=O)CCOc1ccc(N)cc1)C(=O)O. The molecule has 1 atom stereocenters. The Morgan fingerprint density at radius 3 is 2.50 bits per heavy atom. The zero-order valence-corrected chi connectivity index (χ0v) is 9.96. The first-order chi connectivity index (χ1) is 8.49. The van der Waals surface area contributed by atoms with Gasteiger partial charge in [-0.05, 0) is 31.2 Å². The van der Waals surface area contributed by atoms with Gasteiger partial charge >= 0.3 is 11.9 Å². The minimum atomic E-state index is -1.18. The molecule has 0 aromatic heterocycles. The maximum atomic E-state index is 11.2. The van der Waals surface area contributed by atoms with Gasteiger partial charge in [0.2, 0.25) is 0 Å². The van der Waals surface area contributed by atoms with E-state index in [1.54, 1.807) is 24.3 Å². The number of nitrogens with two attached hydrogens (primary N) is 1. The molecule has 0 saturated carbocycles. The Morgan fingerprint density at radius 1 is 1.33 bits per heavy atom. The van der Waals surface area contributed by atoms with Crippen molar-refractivity contribution in [3.05, 3.63) is 24.3 Å². The van der Waals surface area contributed by atoms with Crippen LogP contribution in [0.4, 0.5) is 5.69 Å². The summed E-state index contributed by atoms with van der Waals surface area (Å²) >= 11 is 0. The molecule has 18 heavy (non-hydrogen) atoms. The molecule has 1 unspecified atom stereocenters. The molecule has 98 valence electrons. The topological polar surface area (TPSA) is 98.9 Å². The molecule has 0 aliphatic rings. The third-order valence-corrected chi connectivity index (χ3v) is 2.11. The van der Waals surface area contributed by atoms with Crippen molar-refractivity contribution < 1.29 is 24.2 Å². The molecule has 6 nitrogen and oxygen atoms in total. The van der Waals surface area contributed by atoms with Crippen molar-refractivity contribution in [3.63, 3.8) is 0 Å². The Balaban J connectivity index is 2.27. The molecule has 0 spiro atoms. The van der Waals surface area contributed by atoms with E-state index in [-0.39, 0.29) is 13.0 Å². The number of carboxylic acid groups (broad SMARTS) is 1. The zero-order chi connectivity index (χ0) is 13.5. The van der Waals surface area contributed by atoms with Crippen molar-refractivity contribution in [1.29, 1.82) is 0 Å². The summed E-state index contributed by atoms with van der Waals surface area (Å²) in [4.78, 5) is 21.7. The normalized spacial score (nSPS) is 11.6. The largest absolute Gasteiger partial charge is 0.493 e. The molecule has 0 aliphatic carbocycles. The monoisotopic (exact) mass is 253 g/mol. The van der Waals surface area contributed by atoms with Gasteiger partial charge in [-0.3, -0.25) is 4.79 Å². The summed E-state index contributed by atoms with van der Waals surface area (Å²) in [6.07, 6.45) is -1.16. The minimum Gasteiger partial charge on any atom is -0.493 e. The van der Waals surface area contributed by atoms with E-state index < -0.39 is 18.0 Å². The van der Waals surface area contributed by atoms with Crippen LogP contribution in [0.1, 0.15) is 13.3 Å². The third kappa shape index (κ3) is 4.73. The average molecular weight is 253 g/mol. The lowest BCUT2D eigenvalue weighted by atomic mass is 10.3. The summed E-state index contributed by atoms with van der Waals surface area (Å²) in [5.74, 6) is -1.20. The van der Waals surface area contributed by atoms with E-state index in [2.05, 4.69) is 4.74 Å². The van der Waals surface area contributed by atoms with Crippen LogP contribution in [0.2, 0.25) is 0 Å². The Kier molecular flexibility index (Phi) is 4.98. The van der Waals surface area contributed by atoms with Crippen LogP contribution in [0.3, 0.4) is 0 Å². The fourth-order valence-corrected chi connectivity index (χ4v) is 1.12. The van der Waals surface area contributed by atoms with Crippen LogP contribution < -0.4 is 10.5 Å². The number of carbonyl (C=O) groups is 2. The number of esters is 1. The molecule has 0 heterocycles. The molecule has 0 amide bonds. The molecule has 0 saturated heterocycles. The lowest BCUT2D eigenvalue weighted by Gasteiger charge is -2.09. The summed E-state index contributed by atoms with van der Waals surface area (Å²) in [7, 11) is 0. The first kappa shape index (κ1) is 13.8. The van der Waals surface area contributed by atoms with Gasteiger partial charge in [0.25, 0.3) is 0 Å². The van der Waals surface area contributed by atoms with Crippen LogP contribution in [0.5, 0.6) is 5.75 Å². The van der Waals surface area contributed by atoms with E-state index >= 15 is 0 Å². The van der Waals surface area contributed by atoms with Crippen LogP contribution in [-0.4, -0.2) is 29.8 Å². The highest BCUT2D eigenvalue weighted by Gasteiger charge is 2.15. The molecule has 3 N–H and O–H groups in total. The number of carbonyl (C=O) groups excluding carboxylic acids is 1. The molecule has 1 aromatic carbocycles. The Morgan fingerprint density at radius 2 is 1.94 bits per heavy atom. The second-order valence-electron chi connectivity index (χ2n) is 3.64. The fourth-order valence-electron chi connectivity index (χ4n) is 1.12. The predicted molar refractivity (Wildman–Crippen MR) is 64.2 cm³/mol. The summed E-state index contributed by atoms with van der Waals surface area (Å²) in [6, 6.07) is 6.72. The average Bonchev–Trinajstić information content (AvgIpc) is 2.31. The van der Waals surface area contributed by atoms with Crippen molar-refractivity contribution in [1.82, 2.24) is 0 Å². The molecule has 0 radical (unpaired) electrons. The Hall–Kier alpha value is -2.24. The summed E-state index contributed by atoms with van der Waals surface area (Å²) in [6.45, 7) is 1.41. The lowest BCUT2D eigenvalue weighted by Crippen LogP contribution is -2.24.